The number of anilines is 1. The number of aromatic nitrogens is 1. The first-order valence-corrected chi connectivity index (χ1v) is 5.55. The van der Waals surface area contributed by atoms with Gasteiger partial charge in [-0.2, -0.15) is 0 Å². The van der Waals surface area contributed by atoms with Crippen LogP contribution in [0.5, 0.6) is 5.88 Å². The quantitative estimate of drug-likeness (QED) is 0.821. The van der Waals surface area contributed by atoms with E-state index in [4.69, 9.17) is 15.6 Å². The summed E-state index contributed by atoms with van der Waals surface area (Å²) >= 11 is 0. The summed E-state index contributed by atoms with van der Waals surface area (Å²) in [6, 6.07) is 1.35. The summed E-state index contributed by atoms with van der Waals surface area (Å²) in [5.74, 6) is -0.237. The smallest absolute Gasteiger partial charge is 0.337 e. The molecule has 0 aliphatic carbocycles. The predicted octanol–water partition coefficient (Wildman–Crippen LogP) is 2.18. The van der Waals surface area contributed by atoms with Gasteiger partial charge in [-0.3, -0.25) is 0 Å². The van der Waals surface area contributed by atoms with Crippen molar-refractivity contribution in [3.63, 3.8) is 0 Å². The molecule has 0 aliphatic rings. The highest BCUT2D eigenvalue weighted by Crippen LogP contribution is 2.21. The molecule has 5 heteroatoms. The highest BCUT2D eigenvalue weighted by molar-refractivity contribution is 5.88. The average Bonchev–Trinajstić information content (AvgIpc) is 2.19. The fourth-order valence-corrected chi connectivity index (χ4v) is 1.59. The van der Waals surface area contributed by atoms with E-state index in [-0.39, 0.29) is 17.4 Å². The van der Waals surface area contributed by atoms with Crippen LogP contribution in [0.3, 0.4) is 0 Å². The maximum absolute atomic E-state index is 10.7. The minimum atomic E-state index is -1.05. The van der Waals surface area contributed by atoms with Crippen molar-refractivity contribution in [2.24, 2.45) is 5.92 Å². The first kappa shape index (κ1) is 13.3. The van der Waals surface area contributed by atoms with Crippen molar-refractivity contribution in [1.29, 1.82) is 0 Å². The third-order valence-corrected chi connectivity index (χ3v) is 2.24. The van der Waals surface area contributed by atoms with Crippen LogP contribution in [0.15, 0.2) is 12.3 Å². The molecule has 5 nitrogen and oxygen atoms in total. The molecule has 1 aromatic heterocycles. The minimum Gasteiger partial charge on any atom is -0.478 e. The van der Waals surface area contributed by atoms with E-state index in [1.165, 1.54) is 12.3 Å². The molecular weight excluding hydrogens is 220 g/mol. The SMILES string of the molecule is CC(C)CC(C)Oc1ncc(C(=O)O)cc1N. The molecule has 94 valence electrons. The lowest BCUT2D eigenvalue weighted by Gasteiger charge is -2.16. The molecule has 0 aromatic carbocycles. The fraction of sp³-hybridized carbons (Fsp3) is 0.500. The van der Waals surface area contributed by atoms with Crippen molar-refractivity contribution in [1.82, 2.24) is 4.98 Å². The van der Waals surface area contributed by atoms with Crippen molar-refractivity contribution in [2.45, 2.75) is 33.3 Å². The van der Waals surface area contributed by atoms with E-state index in [2.05, 4.69) is 18.8 Å². The van der Waals surface area contributed by atoms with E-state index in [1.807, 2.05) is 6.92 Å². The number of nitrogens with two attached hydrogens (primary N) is 1. The number of nitrogen functional groups attached to an aromatic ring is 1. The lowest BCUT2D eigenvalue weighted by atomic mass is 10.1. The molecule has 1 atom stereocenters. The van der Waals surface area contributed by atoms with E-state index in [1.54, 1.807) is 0 Å². The van der Waals surface area contributed by atoms with Crippen molar-refractivity contribution in [3.05, 3.63) is 17.8 Å². The van der Waals surface area contributed by atoms with Crippen molar-refractivity contribution >= 4 is 11.7 Å². The van der Waals surface area contributed by atoms with Gasteiger partial charge in [0.05, 0.1) is 17.4 Å². The second-order valence-corrected chi connectivity index (χ2v) is 4.48. The van der Waals surface area contributed by atoms with Crippen LogP contribution >= 0.6 is 0 Å². The van der Waals surface area contributed by atoms with Crippen LogP contribution < -0.4 is 10.5 Å². The van der Waals surface area contributed by atoms with Gasteiger partial charge in [-0.1, -0.05) is 13.8 Å². The number of hydrogen-bond donors (Lipinski definition) is 2. The monoisotopic (exact) mass is 238 g/mol. The normalized spacial score (nSPS) is 12.5. The molecular formula is C12H18N2O3. The maximum atomic E-state index is 10.7. The van der Waals surface area contributed by atoms with Gasteiger partial charge in [0, 0.05) is 6.20 Å². The fourth-order valence-electron chi connectivity index (χ4n) is 1.59. The van der Waals surface area contributed by atoms with Crippen LogP contribution in [0.2, 0.25) is 0 Å². The van der Waals surface area contributed by atoms with Crippen LogP contribution in [-0.4, -0.2) is 22.2 Å². The zero-order chi connectivity index (χ0) is 13.0. The van der Waals surface area contributed by atoms with Gasteiger partial charge in [0.15, 0.2) is 0 Å². The van der Waals surface area contributed by atoms with Crippen LogP contribution in [0.1, 0.15) is 37.6 Å². The number of carboxylic acids is 1. The van der Waals surface area contributed by atoms with Crippen LogP contribution in [0, 0.1) is 5.92 Å². The number of ether oxygens (including phenoxy) is 1. The Balaban J connectivity index is 2.75. The molecule has 0 aliphatic heterocycles. The predicted molar refractivity (Wildman–Crippen MR) is 65.2 cm³/mol. The first-order chi connectivity index (χ1) is 7.90. The number of aromatic carboxylic acids is 1. The summed E-state index contributed by atoms with van der Waals surface area (Å²) in [4.78, 5) is 14.6. The van der Waals surface area contributed by atoms with Gasteiger partial charge >= 0.3 is 5.97 Å². The van der Waals surface area contributed by atoms with Gasteiger partial charge in [-0.25, -0.2) is 9.78 Å². The standard InChI is InChI=1S/C12H18N2O3/c1-7(2)4-8(3)17-11-10(13)5-9(6-14-11)12(15)16/h5-8H,4,13H2,1-3H3,(H,15,16). The van der Waals surface area contributed by atoms with Gasteiger partial charge in [0.2, 0.25) is 5.88 Å². The average molecular weight is 238 g/mol. The van der Waals surface area contributed by atoms with Crippen LogP contribution in [0.4, 0.5) is 5.69 Å². The zero-order valence-corrected chi connectivity index (χ0v) is 10.3. The Bertz CT molecular complexity index is 405. The molecule has 1 heterocycles. The van der Waals surface area contributed by atoms with E-state index < -0.39 is 5.97 Å². The third kappa shape index (κ3) is 3.94. The molecule has 1 aromatic rings. The highest BCUT2D eigenvalue weighted by atomic mass is 16.5. The first-order valence-electron chi connectivity index (χ1n) is 5.55. The summed E-state index contributed by atoms with van der Waals surface area (Å²) in [6.07, 6.45) is 2.14. The topological polar surface area (TPSA) is 85.4 Å². The van der Waals surface area contributed by atoms with E-state index in [9.17, 15) is 4.79 Å². The molecule has 0 spiro atoms. The number of carbonyl (C=O) groups is 1. The van der Waals surface area contributed by atoms with Gasteiger partial charge < -0.3 is 15.6 Å². The Morgan fingerprint density at radius 3 is 2.65 bits per heavy atom. The summed E-state index contributed by atoms with van der Waals surface area (Å²) in [6.45, 7) is 6.14. The molecule has 0 bridgehead atoms. The number of nitrogens with zero attached hydrogens (tertiary/aromatic N) is 1. The van der Waals surface area contributed by atoms with E-state index in [0.717, 1.165) is 6.42 Å². The Morgan fingerprint density at radius 1 is 1.53 bits per heavy atom. The molecule has 0 amide bonds. The van der Waals surface area contributed by atoms with Gasteiger partial charge in [-0.15, -0.1) is 0 Å². The molecule has 0 radical (unpaired) electrons. The van der Waals surface area contributed by atoms with Gasteiger partial charge in [0.1, 0.15) is 0 Å². The number of hydrogen-bond acceptors (Lipinski definition) is 4. The lowest BCUT2D eigenvalue weighted by molar-refractivity contribution is 0.0696. The summed E-state index contributed by atoms with van der Waals surface area (Å²) in [5.41, 5.74) is 6.00. The Morgan fingerprint density at radius 2 is 2.18 bits per heavy atom. The van der Waals surface area contributed by atoms with E-state index >= 15 is 0 Å². The van der Waals surface area contributed by atoms with E-state index in [0.29, 0.717) is 11.8 Å². The van der Waals surface area contributed by atoms with Crippen molar-refractivity contribution in [3.8, 4) is 5.88 Å². The summed E-state index contributed by atoms with van der Waals surface area (Å²) in [7, 11) is 0. The Hall–Kier alpha value is -1.78. The summed E-state index contributed by atoms with van der Waals surface area (Å²) < 4.78 is 5.56. The van der Waals surface area contributed by atoms with Crippen molar-refractivity contribution in [2.75, 3.05) is 5.73 Å². The third-order valence-electron chi connectivity index (χ3n) is 2.24. The molecule has 17 heavy (non-hydrogen) atoms. The second-order valence-electron chi connectivity index (χ2n) is 4.48. The van der Waals surface area contributed by atoms with Crippen molar-refractivity contribution < 1.29 is 14.6 Å². The van der Waals surface area contributed by atoms with Gasteiger partial charge in [0.25, 0.3) is 0 Å². The largest absolute Gasteiger partial charge is 0.478 e. The maximum Gasteiger partial charge on any atom is 0.337 e. The molecule has 0 saturated carbocycles. The number of carboxylic acid groups (broad SMARTS) is 1. The molecule has 1 rings (SSSR count). The number of rotatable bonds is 5. The van der Waals surface area contributed by atoms with Crippen LogP contribution in [0.25, 0.3) is 0 Å². The Labute approximate surface area is 101 Å². The second kappa shape index (κ2) is 5.52. The molecule has 3 N–H and O–H groups in total. The summed E-state index contributed by atoms with van der Waals surface area (Å²) in [5, 5.41) is 8.76. The van der Waals surface area contributed by atoms with Crippen LogP contribution in [-0.2, 0) is 0 Å². The molecule has 0 fully saturated rings. The zero-order valence-electron chi connectivity index (χ0n) is 10.3. The molecule has 0 saturated heterocycles. The van der Waals surface area contributed by atoms with Gasteiger partial charge in [-0.05, 0) is 25.3 Å². The molecule has 1 unspecified atom stereocenters. The Kier molecular flexibility index (Phi) is 4.31. The highest BCUT2D eigenvalue weighted by Gasteiger charge is 2.12. The minimum absolute atomic E-state index is 0.000443. The number of pyridine rings is 1. The lowest BCUT2D eigenvalue weighted by Crippen LogP contribution is -2.16.